The Hall–Kier alpha value is -1.02. The molecule has 1 aromatic heterocycles. The number of nitrogens with one attached hydrogen (secondary N) is 2. The van der Waals surface area contributed by atoms with Crippen LogP contribution in [0.4, 0.5) is 0 Å². The van der Waals surface area contributed by atoms with Crippen LogP contribution in [0.5, 0.6) is 0 Å². The van der Waals surface area contributed by atoms with Crippen molar-refractivity contribution in [3.8, 4) is 0 Å². The van der Waals surface area contributed by atoms with Crippen LogP contribution in [-0.2, 0) is 4.79 Å². The molecule has 2 N–H and O–H groups in total. The maximum atomic E-state index is 11.5. The number of hydrogen-bond acceptors (Lipinski definition) is 6. The van der Waals surface area contributed by atoms with Crippen molar-refractivity contribution in [3.05, 3.63) is 5.82 Å². The van der Waals surface area contributed by atoms with Gasteiger partial charge in [0.2, 0.25) is 11.1 Å². The third-order valence-corrected chi connectivity index (χ3v) is 3.48. The van der Waals surface area contributed by atoms with Crippen LogP contribution < -0.4 is 5.32 Å². The number of rotatable bonds is 3. The fourth-order valence-corrected chi connectivity index (χ4v) is 2.47. The highest BCUT2D eigenvalue weighted by molar-refractivity contribution is 8.14. The number of aryl methyl sites for hydroxylation is 1. The Kier molecular flexibility index (Phi) is 3.83. The molecule has 1 aromatic rings. The number of aliphatic imine (C=N–C) groups is 1. The van der Waals surface area contributed by atoms with Gasteiger partial charge >= 0.3 is 0 Å². The van der Waals surface area contributed by atoms with E-state index < -0.39 is 0 Å². The van der Waals surface area contributed by atoms with Crippen LogP contribution in [0, 0.1) is 6.92 Å². The van der Waals surface area contributed by atoms with Crippen molar-refractivity contribution in [1.82, 2.24) is 20.5 Å². The predicted octanol–water partition coefficient (Wildman–Crippen LogP) is 0.424. The first-order chi connectivity index (χ1) is 7.74. The van der Waals surface area contributed by atoms with Crippen LogP contribution >= 0.6 is 23.5 Å². The number of amidine groups is 1. The van der Waals surface area contributed by atoms with Crippen LogP contribution in [0.15, 0.2) is 10.1 Å². The van der Waals surface area contributed by atoms with Crippen LogP contribution in [0.25, 0.3) is 0 Å². The van der Waals surface area contributed by atoms with Gasteiger partial charge in [-0.3, -0.25) is 14.9 Å². The quantitative estimate of drug-likeness (QED) is 0.767. The molecule has 0 fully saturated rings. The van der Waals surface area contributed by atoms with Crippen LogP contribution in [0.2, 0.25) is 0 Å². The summed E-state index contributed by atoms with van der Waals surface area (Å²) in [5.74, 6) is 1.93. The van der Waals surface area contributed by atoms with Crippen molar-refractivity contribution in [1.29, 1.82) is 0 Å². The molecule has 16 heavy (non-hydrogen) atoms. The van der Waals surface area contributed by atoms with Gasteiger partial charge in [-0.1, -0.05) is 23.5 Å². The molecule has 0 aliphatic carbocycles. The Morgan fingerprint density at radius 3 is 3.19 bits per heavy atom. The van der Waals surface area contributed by atoms with Gasteiger partial charge in [0.25, 0.3) is 0 Å². The van der Waals surface area contributed by atoms with E-state index in [0.29, 0.717) is 10.9 Å². The summed E-state index contributed by atoms with van der Waals surface area (Å²) in [4.78, 5) is 19.7. The maximum Gasteiger partial charge on any atom is 0.236 e. The molecule has 0 saturated heterocycles. The summed E-state index contributed by atoms with van der Waals surface area (Å²) in [5, 5.41) is 10.7. The number of hydrogen-bond donors (Lipinski definition) is 2. The molecule has 6 nitrogen and oxygen atoms in total. The van der Waals surface area contributed by atoms with Gasteiger partial charge in [-0.25, -0.2) is 4.98 Å². The van der Waals surface area contributed by atoms with E-state index in [1.807, 2.05) is 6.92 Å². The lowest BCUT2D eigenvalue weighted by atomic mass is 10.7. The Morgan fingerprint density at radius 2 is 2.56 bits per heavy atom. The molecule has 86 valence electrons. The molecule has 0 aromatic carbocycles. The Morgan fingerprint density at radius 1 is 1.69 bits per heavy atom. The number of aromatic amines is 1. The van der Waals surface area contributed by atoms with E-state index in [-0.39, 0.29) is 5.91 Å². The van der Waals surface area contributed by atoms with Crippen molar-refractivity contribution < 1.29 is 4.79 Å². The highest BCUT2D eigenvalue weighted by Gasteiger charge is 2.11. The topological polar surface area (TPSA) is 83.0 Å². The van der Waals surface area contributed by atoms with E-state index in [2.05, 4.69) is 25.5 Å². The Labute approximate surface area is 101 Å². The van der Waals surface area contributed by atoms with Gasteiger partial charge in [0.05, 0.1) is 12.3 Å². The fourth-order valence-electron chi connectivity index (χ4n) is 1.08. The third-order valence-electron chi connectivity index (χ3n) is 1.74. The van der Waals surface area contributed by atoms with Crippen molar-refractivity contribution in [2.45, 2.75) is 12.1 Å². The summed E-state index contributed by atoms with van der Waals surface area (Å²) in [6, 6.07) is 0. The summed E-state index contributed by atoms with van der Waals surface area (Å²) in [5.41, 5.74) is 0. The minimum atomic E-state index is -0.0689. The smallest absolute Gasteiger partial charge is 0.236 e. The number of carbonyl (C=O) groups excluding carboxylic acids is 1. The first-order valence-electron chi connectivity index (χ1n) is 4.73. The normalized spacial score (nSPS) is 14.9. The number of carbonyl (C=O) groups is 1. The van der Waals surface area contributed by atoms with Gasteiger partial charge in [0, 0.05) is 5.75 Å². The lowest BCUT2D eigenvalue weighted by molar-refractivity contribution is -0.117. The molecule has 1 amide bonds. The highest BCUT2D eigenvalue weighted by atomic mass is 32.2. The van der Waals surface area contributed by atoms with Gasteiger partial charge < -0.3 is 5.32 Å². The van der Waals surface area contributed by atoms with E-state index in [4.69, 9.17) is 0 Å². The van der Waals surface area contributed by atoms with Crippen molar-refractivity contribution in [3.63, 3.8) is 0 Å². The minimum Gasteiger partial charge on any atom is -0.305 e. The molecule has 0 radical (unpaired) electrons. The second-order valence-corrected chi connectivity index (χ2v) is 5.10. The van der Waals surface area contributed by atoms with Crippen LogP contribution in [0.1, 0.15) is 5.82 Å². The molecule has 1 aliphatic heterocycles. The average molecular weight is 257 g/mol. The largest absolute Gasteiger partial charge is 0.305 e. The zero-order valence-electron chi connectivity index (χ0n) is 8.69. The van der Waals surface area contributed by atoms with Crippen LogP contribution in [0.3, 0.4) is 0 Å². The van der Waals surface area contributed by atoms with Gasteiger partial charge in [-0.05, 0) is 6.92 Å². The number of aromatic nitrogens is 3. The molecule has 8 heteroatoms. The van der Waals surface area contributed by atoms with Crippen molar-refractivity contribution in [2.24, 2.45) is 4.99 Å². The predicted molar refractivity (Wildman–Crippen MR) is 64.7 cm³/mol. The van der Waals surface area contributed by atoms with Gasteiger partial charge in [-0.2, -0.15) is 0 Å². The first-order valence-corrected chi connectivity index (χ1v) is 6.70. The molecule has 0 spiro atoms. The monoisotopic (exact) mass is 257 g/mol. The molecular formula is C8H11N5OS2. The molecule has 1 aliphatic rings. The standard InChI is InChI=1S/C8H11N5OS2/c1-5-10-8(13-12-5)16-4-6(14)11-7-9-2-3-15-7/h2-4H2,1H3,(H,9,11,14)(H,10,12,13). The van der Waals surface area contributed by atoms with Gasteiger partial charge in [0.15, 0.2) is 5.17 Å². The van der Waals surface area contributed by atoms with E-state index >= 15 is 0 Å². The number of amides is 1. The van der Waals surface area contributed by atoms with Crippen LogP contribution in [-0.4, -0.2) is 44.3 Å². The third kappa shape index (κ3) is 3.24. The second kappa shape index (κ2) is 5.35. The zero-order valence-corrected chi connectivity index (χ0v) is 10.3. The minimum absolute atomic E-state index is 0.0689. The highest BCUT2D eigenvalue weighted by Crippen LogP contribution is 2.12. The van der Waals surface area contributed by atoms with E-state index in [1.165, 1.54) is 11.8 Å². The Bertz CT molecular complexity index is 416. The molecule has 2 rings (SSSR count). The molecule has 0 atom stereocenters. The molecule has 0 saturated carbocycles. The maximum absolute atomic E-state index is 11.5. The van der Waals surface area contributed by atoms with Crippen molar-refractivity contribution >= 4 is 34.6 Å². The van der Waals surface area contributed by atoms with Crippen molar-refractivity contribution in [2.75, 3.05) is 18.1 Å². The fraction of sp³-hybridized carbons (Fsp3) is 0.500. The summed E-state index contributed by atoms with van der Waals surface area (Å²) >= 11 is 2.87. The lowest BCUT2D eigenvalue weighted by Gasteiger charge is -2.01. The summed E-state index contributed by atoms with van der Waals surface area (Å²) < 4.78 is 0. The SMILES string of the molecule is Cc1nc(SCC(=O)NC2=NCCS2)n[nH]1. The Balaban J connectivity index is 1.75. The van der Waals surface area contributed by atoms with E-state index in [9.17, 15) is 4.79 Å². The second-order valence-electron chi connectivity index (χ2n) is 3.08. The zero-order chi connectivity index (χ0) is 11.4. The number of nitrogens with zero attached hydrogens (tertiary/aromatic N) is 3. The van der Waals surface area contributed by atoms with E-state index in [0.717, 1.165) is 23.3 Å². The average Bonchev–Trinajstić information content (AvgIpc) is 2.87. The van der Waals surface area contributed by atoms with E-state index in [1.54, 1.807) is 11.8 Å². The summed E-state index contributed by atoms with van der Waals surface area (Å²) in [7, 11) is 0. The molecule has 2 heterocycles. The molecule has 0 unspecified atom stereocenters. The molecular weight excluding hydrogens is 246 g/mol. The first kappa shape index (κ1) is 11.5. The summed E-state index contributed by atoms with van der Waals surface area (Å²) in [6.07, 6.45) is 0. The van der Waals surface area contributed by atoms with Gasteiger partial charge in [0.1, 0.15) is 5.82 Å². The number of H-pyrrole nitrogens is 1. The summed E-state index contributed by atoms with van der Waals surface area (Å²) in [6.45, 7) is 2.61. The van der Waals surface area contributed by atoms with Gasteiger partial charge in [-0.15, -0.1) is 5.10 Å². The number of thioether (sulfide) groups is 2. The molecule has 0 bridgehead atoms. The lowest BCUT2D eigenvalue weighted by Crippen LogP contribution is -2.28.